The zero-order valence-corrected chi connectivity index (χ0v) is 42.2. The van der Waals surface area contributed by atoms with Crippen molar-refractivity contribution in [2.24, 2.45) is 0 Å². The van der Waals surface area contributed by atoms with E-state index < -0.39 is 11.9 Å². The summed E-state index contributed by atoms with van der Waals surface area (Å²) in [5.41, 5.74) is 0.206. The maximum atomic E-state index is 12.2. The van der Waals surface area contributed by atoms with Crippen LogP contribution in [0.5, 0.6) is 0 Å². The van der Waals surface area contributed by atoms with Gasteiger partial charge in [-0.25, -0.2) is 9.59 Å². The molecule has 4 aromatic carbocycles. The van der Waals surface area contributed by atoms with Gasteiger partial charge < -0.3 is 10.2 Å². The molecule has 0 aliphatic rings. The van der Waals surface area contributed by atoms with Crippen LogP contribution in [0.2, 0.25) is 25.1 Å². The van der Waals surface area contributed by atoms with Crippen LogP contribution in [0.1, 0.15) is 20.7 Å². The molecule has 6 heterocycles. The van der Waals surface area contributed by atoms with Crippen LogP contribution in [0.3, 0.4) is 0 Å². The molecule has 0 atom stereocenters. The number of pyridine rings is 4. The highest BCUT2D eigenvalue weighted by Gasteiger charge is 2.12. The van der Waals surface area contributed by atoms with Gasteiger partial charge in [0.05, 0.1) is 37.3 Å². The van der Waals surface area contributed by atoms with Crippen molar-refractivity contribution in [3.63, 3.8) is 0 Å². The molecular formula is C48H30Cl6N4O6S4. The Hall–Kier alpha value is -5.36. The molecule has 20 heteroatoms. The molecule has 0 spiro atoms. The molecule has 0 unspecified atom stereocenters. The molecule has 344 valence electrons. The highest BCUT2D eigenvalue weighted by molar-refractivity contribution is 7.99. The summed E-state index contributed by atoms with van der Waals surface area (Å²) in [5, 5.41) is 22.8. The molecule has 0 bridgehead atoms. The lowest BCUT2D eigenvalue weighted by molar-refractivity contribution is 0.0683. The van der Waals surface area contributed by atoms with Crippen molar-refractivity contribution in [3.8, 4) is 0 Å². The minimum atomic E-state index is -1.06. The van der Waals surface area contributed by atoms with Gasteiger partial charge >= 0.3 is 11.9 Å². The zero-order chi connectivity index (χ0) is 48.0. The Morgan fingerprint density at radius 3 is 1.65 bits per heavy atom. The first-order chi connectivity index (χ1) is 32.2. The monoisotopic (exact) mass is 1100 g/mol. The third-order valence-corrected chi connectivity index (χ3v) is 13.7. The van der Waals surface area contributed by atoms with E-state index in [4.69, 9.17) is 68.2 Å². The first-order valence-electron chi connectivity index (χ1n) is 19.0. The standard InChI is InChI=1S/C12H8ClNO2S.2C12H6ClNOS.C6H4ClNO2.C6H5ClS.ClH/c13-8-2-1-3-9(6-8)17-11-4-5-14-7-10(11)12(15)16;13-7-1-2-8-11(5-7)16-10-3-4-14-6-9(10)12(8)15;13-8-2-1-3-10-11(8)12(15)7-6-14-5-4-9(7)16-10;7-5-1-2-8-3-4(5)6(9)10;7-5-2-1-3-6(8)4-5;/h1-7H,(H,15,16);2*1-6H;1-3H,(H,9,10);1-4,8H;1H. The number of carboxylic acids is 2. The second-order valence-electron chi connectivity index (χ2n) is 13.2. The van der Waals surface area contributed by atoms with Gasteiger partial charge in [-0.15, -0.1) is 47.7 Å². The minimum Gasteiger partial charge on any atom is -0.478 e. The maximum absolute atomic E-state index is 12.2. The molecule has 2 N–H and O–H groups in total. The number of carbonyl (C=O) groups is 2. The van der Waals surface area contributed by atoms with E-state index in [0.717, 1.165) is 33.6 Å². The number of aromatic carboxylic acids is 2. The van der Waals surface area contributed by atoms with Gasteiger partial charge in [-0.1, -0.05) is 88.0 Å². The predicted octanol–water partition coefficient (Wildman–Crippen LogP) is 15.0. The summed E-state index contributed by atoms with van der Waals surface area (Å²) in [4.78, 5) is 63.4. The summed E-state index contributed by atoms with van der Waals surface area (Å²) in [6, 6.07) is 32.3. The molecule has 0 aliphatic carbocycles. The highest BCUT2D eigenvalue weighted by atomic mass is 35.5. The van der Waals surface area contributed by atoms with E-state index >= 15 is 0 Å². The maximum Gasteiger partial charge on any atom is 0.338 e. The Morgan fingerprint density at radius 2 is 1.06 bits per heavy atom. The first kappa shape index (κ1) is 53.6. The van der Waals surface area contributed by atoms with Crippen molar-refractivity contribution in [3.05, 3.63) is 215 Å². The van der Waals surface area contributed by atoms with Crippen molar-refractivity contribution < 1.29 is 19.8 Å². The number of hydrogen-bond donors (Lipinski definition) is 3. The Kier molecular flexibility index (Phi) is 20.4. The van der Waals surface area contributed by atoms with Crippen molar-refractivity contribution in [2.45, 2.75) is 14.7 Å². The van der Waals surface area contributed by atoms with Crippen LogP contribution >= 0.6 is 117 Å². The van der Waals surface area contributed by atoms with Gasteiger partial charge in [0.1, 0.15) is 0 Å². The first-order valence-corrected chi connectivity index (χ1v) is 23.8. The fraction of sp³-hybridized carbons (Fsp3) is 0. The fourth-order valence-electron chi connectivity index (χ4n) is 5.68. The van der Waals surface area contributed by atoms with Gasteiger partial charge in [0.15, 0.2) is 10.9 Å². The SMILES string of the molecule is Cl.O=C(O)c1cnccc1Cl.O=C(O)c1cnccc1Sc1cccc(Cl)c1.O=c1c2ccc(Cl)cc2sc2ccncc12.O=c1c2cnccc2sc2cccc(Cl)c12.Sc1cccc(Cl)c1. The molecule has 0 radical (unpaired) electrons. The second kappa shape index (κ2) is 25.8. The number of benzene rings is 4. The Bertz CT molecular complexity index is 3500. The van der Waals surface area contributed by atoms with Gasteiger partial charge in [0.25, 0.3) is 0 Å². The molecule has 0 saturated carbocycles. The van der Waals surface area contributed by atoms with E-state index in [1.807, 2.05) is 60.7 Å². The molecule has 0 saturated heterocycles. The van der Waals surface area contributed by atoms with Crippen LogP contribution in [-0.2, 0) is 0 Å². The van der Waals surface area contributed by atoms with Crippen LogP contribution in [0.25, 0.3) is 40.3 Å². The predicted molar refractivity (Wildman–Crippen MR) is 286 cm³/mol. The molecule has 10 rings (SSSR count). The van der Waals surface area contributed by atoms with Crippen molar-refractivity contribution in [1.29, 1.82) is 0 Å². The van der Waals surface area contributed by atoms with E-state index in [0.29, 0.717) is 41.5 Å². The van der Waals surface area contributed by atoms with Crippen LogP contribution in [0, 0.1) is 0 Å². The van der Waals surface area contributed by atoms with Crippen molar-refractivity contribution in [2.75, 3.05) is 0 Å². The summed E-state index contributed by atoms with van der Waals surface area (Å²) in [6.45, 7) is 0. The smallest absolute Gasteiger partial charge is 0.338 e. The number of thiol groups is 1. The molecule has 0 amide bonds. The Labute approximate surface area is 436 Å². The average Bonchev–Trinajstić information content (AvgIpc) is 3.30. The summed E-state index contributed by atoms with van der Waals surface area (Å²) >= 11 is 37.5. The van der Waals surface area contributed by atoms with E-state index in [2.05, 4.69) is 32.6 Å². The van der Waals surface area contributed by atoms with E-state index in [9.17, 15) is 19.2 Å². The van der Waals surface area contributed by atoms with E-state index in [1.54, 1.807) is 96.1 Å². The van der Waals surface area contributed by atoms with Gasteiger partial charge in [-0.2, -0.15) is 0 Å². The topological polar surface area (TPSA) is 160 Å². The van der Waals surface area contributed by atoms with Crippen LogP contribution in [0.4, 0.5) is 0 Å². The van der Waals surface area contributed by atoms with Crippen molar-refractivity contribution in [1.82, 2.24) is 19.9 Å². The summed E-state index contributed by atoms with van der Waals surface area (Å²) in [6.07, 6.45) is 12.1. The van der Waals surface area contributed by atoms with Crippen LogP contribution in [-0.4, -0.2) is 42.1 Å². The minimum absolute atomic E-state index is 0. The van der Waals surface area contributed by atoms with Gasteiger partial charge in [0.2, 0.25) is 0 Å². The van der Waals surface area contributed by atoms with Crippen LogP contribution < -0.4 is 10.9 Å². The second-order valence-corrected chi connectivity index (χ2v) is 19.2. The number of aromatic nitrogens is 4. The summed E-state index contributed by atoms with van der Waals surface area (Å²) < 4.78 is 3.71. The number of nitrogens with zero attached hydrogens (tertiary/aromatic N) is 4. The highest BCUT2D eigenvalue weighted by Crippen LogP contribution is 2.32. The summed E-state index contributed by atoms with van der Waals surface area (Å²) in [7, 11) is 0. The quantitative estimate of drug-likeness (QED) is 0.114. The average molecular weight is 1100 g/mol. The molecule has 6 aromatic heterocycles. The van der Waals surface area contributed by atoms with Gasteiger partial charge in [0, 0.05) is 104 Å². The third-order valence-electron chi connectivity index (χ3n) is 8.72. The molecule has 0 fully saturated rings. The van der Waals surface area contributed by atoms with E-state index in [-0.39, 0.29) is 39.4 Å². The van der Waals surface area contributed by atoms with E-state index in [1.165, 1.54) is 36.4 Å². The Balaban J connectivity index is 0.000000162. The molecule has 0 aliphatic heterocycles. The summed E-state index contributed by atoms with van der Waals surface area (Å²) in [5.74, 6) is -2.04. The van der Waals surface area contributed by atoms with Crippen LogP contribution in [0.15, 0.2) is 183 Å². The number of fused-ring (bicyclic) bond motifs is 4. The number of carboxylic acid groups (broad SMARTS) is 2. The van der Waals surface area contributed by atoms with Gasteiger partial charge in [-0.05, 0) is 91.0 Å². The fourth-order valence-corrected chi connectivity index (χ4v) is 10.3. The zero-order valence-electron chi connectivity index (χ0n) is 34.3. The largest absolute Gasteiger partial charge is 0.478 e. The molecule has 68 heavy (non-hydrogen) atoms. The number of halogens is 6. The number of hydrogen-bond acceptors (Lipinski definition) is 12. The molecule has 10 nitrogen and oxygen atoms in total. The Morgan fingerprint density at radius 1 is 0.515 bits per heavy atom. The lowest BCUT2D eigenvalue weighted by atomic mass is 10.2. The normalized spacial score (nSPS) is 10.2. The molecule has 10 aromatic rings. The lowest BCUT2D eigenvalue weighted by Crippen LogP contribution is -2.01. The lowest BCUT2D eigenvalue weighted by Gasteiger charge is -2.05. The van der Waals surface area contributed by atoms with Crippen molar-refractivity contribution >= 4 is 170 Å². The van der Waals surface area contributed by atoms with Gasteiger partial charge in [-0.3, -0.25) is 29.5 Å². The number of rotatable bonds is 4. The third kappa shape index (κ3) is 14.6. The molecular weight excluding hydrogens is 1070 g/mol.